The van der Waals surface area contributed by atoms with Crippen molar-refractivity contribution in [3.05, 3.63) is 29.3 Å². The quantitative estimate of drug-likeness (QED) is 0.801. The number of rotatable bonds is 6. The summed E-state index contributed by atoms with van der Waals surface area (Å²) in [5.41, 5.74) is 1.61. The first-order chi connectivity index (χ1) is 8.94. The molecule has 1 aromatic carbocycles. The SMILES string of the molecule is CNC(C)(CCOc1cccc(C)c1C)C(=O)OC. The molecule has 1 atom stereocenters. The van der Waals surface area contributed by atoms with Crippen molar-refractivity contribution in [3.8, 4) is 5.75 Å². The number of likely N-dealkylation sites (N-methyl/N-ethyl adjacent to an activating group) is 1. The van der Waals surface area contributed by atoms with Crippen LogP contribution in [0, 0.1) is 13.8 Å². The minimum atomic E-state index is -0.716. The summed E-state index contributed by atoms with van der Waals surface area (Å²) in [6, 6.07) is 5.96. The van der Waals surface area contributed by atoms with Gasteiger partial charge >= 0.3 is 5.97 Å². The molecule has 0 aromatic heterocycles. The molecule has 0 bridgehead atoms. The molecular formula is C15H23NO3. The van der Waals surface area contributed by atoms with Gasteiger partial charge < -0.3 is 14.8 Å². The first-order valence-corrected chi connectivity index (χ1v) is 6.41. The lowest BCUT2D eigenvalue weighted by Crippen LogP contribution is -2.49. The Morgan fingerprint density at radius 3 is 2.63 bits per heavy atom. The summed E-state index contributed by atoms with van der Waals surface area (Å²) < 4.78 is 10.6. The van der Waals surface area contributed by atoms with Crippen molar-refractivity contribution in [2.75, 3.05) is 20.8 Å². The molecule has 0 aliphatic carbocycles. The van der Waals surface area contributed by atoms with Crippen molar-refractivity contribution in [1.82, 2.24) is 5.32 Å². The number of esters is 1. The average Bonchev–Trinajstić information content (AvgIpc) is 2.42. The second-order valence-electron chi connectivity index (χ2n) is 4.87. The largest absolute Gasteiger partial charge is 0.493 e. The van der Waals surface area contributed by atoms with Gasteiger partial charge in [0.1, 0.15) is 11.3 Å². The van der Waals surface area contributed by atoms with E-state index >= 15 is 0 Å². The van der Waals surface area contributed by atoms with Crippen molar-refractivity contribution < 1.29 is 14.3 Å². The van der Waals surface area contributed by atoms with Gasteiger partial charge in [0.2, 0.25) is 0 Å². The van der Waals surface area contributed by atoms with Crippen molar-refractivity contribution in [2.24, 2.45) is 0 Å². The Kier molecular flexibility index (Phi) is 5.36. The molecule has 0 saturated carbocycles. The molecule has 0 aliphatic rings. The molecular weight excluding hydrogens is 242 g/mol. The Balaban J connectivity index is 2.63. The highest BCUT2D eigenvalue weighted by Crippen LogP contribution is 2.21. The van der Waals surface area contributed by atoms with Crippen molar-refractivity contribution >= 4 is 5.97 Å². The molecule has 0 radical (unpaired) electrons. The van der Waals surface area contributed by atoms with E-state index in [0.29, 0.717) is 13.0 Å². The third kappa shape index (κ3) is 3.70. The molecule has 0 spiro atoms. The monoisotopic (exact) mass is 265 g/mol. The molecule has 4 nitrogen and oxygen atoms in total. The highest BCUT2D eigenvalue weighted by molar-refractivity contribution is 5.80. The third-order valence-electron chi connectivity index (χ3n) is 3.60. The summed E-state index contributed by atoms with van der Waals surface area (Å²) in [6.45, 7) is 6.35. The van der Waals surface area contributed by atoms with Gasteiger partial charge in [0.25, 0.3) is 0 Å². The van der Waals surface area contributed by atoms with Crippen LogP contribution in [0.1, 0.15) is 24.5 Å². The van der Waals surface area contributed by atoms with Gasteiger partial charge in [-0.1, -0.05) is 12.1 Å². The molecule has 0 saturated heterocycles. The van der Waals surface area contributed by atoms with Crippen LogP contribution in [0.5, 0.6) is 5.75 Å². The number of methoxy groups -OCH3 is 1. The number of carbonyl (C=O) groups excluding carboxylic acids is 1. The molecule has 4 heteroatoms. The highest BCUT2D eigenvalue weighted by atomic mass is 16.5. The normalized spacial score (nSPS) is 13.7. The second kappa shape index (κ2) is 6.57. The highest BCUT2D eigenvalue weighted by Gasteiger charge is 2.32. The number of benzene rings is 1. The lowest BCUT2D eigenvalue weighted by atomic mass is 9.99. The zero-order valence-electron chi connectivity index (χ0n) is 12.4. The topological polar surface area (TPSA) is 47.6 Å². The second-order valence-corrected chi connectivity index (χ2v) is 4.87. The maximum absolute atomic E-state index is 11.7. The summed E-state index contributed by atoms with van der Waals surface area (Å²) >= 11 is 0. The summed E-state index contributed by atoms with van der Waals surface area (Å²) in [6.07, 6.45) is 0.545. The van der Waals surface area contributed by atoms with E-state index in [9.17, 15) is 4.79 Å². The van der Waals surface area contributed by atoms with E-state index in [0.717, 1.165) is 11.3 Å². The predicted octanol–water partition coefficient (Wildman–Crippen LogP) is 2.22. The van der Waals surface area contributed by atoms with Crippen LogP contribution < -0.4 is 10.1 Å². The number of nitrogens with one attached hydrogen (secondary N) is 1. The Morgan fingerprint density at radius 2 is 2.05 bits per heavy atom. The predicted molar refractivity (Wildman–Crippen MR) is 75.5 cm³/mol. The fourth-order valence-corrected chi connectivity index (χ4v) is 1.80. The number of aryl methyl sites for hydroxylation is 1. The van der Waals surface area contributed by atoms with Crippen LogP contribution in [0.25, 0.3) is 0 Å². The first kappa shape index (κ1) is 15.5. The van der Waals surface area contributed by atoms with Gasteiger partial charge in [-0.05, 0) is 45.0 Å². The Bertz CT molecular complexity index is 445. The Labute approximate surface area is 115 Å². The van der Waals surface area contributed by atoms with Crippen molar-refractivity contribution in [2.45, 2.75) is 32.7 Å². The Hall–Kier alpha value is -1.55. The molecule has 0 heterocycles. The van der Waals surface area contributed by atoms with E-state index in [1.165, 1.54) is 12.7 Å². The van der Waals surface area contributed by atoms with Crippen LogP contribution in [0.4, 0.5) is 0 Å². The molecule has 1 N–H and O–H groups in total. The lowest BCUT2D eigenvalue weighted by Gasteiger charge is -2.26. The lowest BCUT2D eigenvalue weighted by molar-refractivity contribution is -0.148. The molecule has 106 valence electrons. The molecule has 0 amide bonds. The fourth-order valence-electron chi connectivity index (χ4n) is 1.80. The smallest absolute Gasteiger partial charge is 0.325 e. The minimum Gasteiger partial charge on any atom is -0.493 e. The molecule has 0 fully saturated rings. The van der Waals surface area contributed by atoms with Crippen LogP contribution in [0.3, 0.4) is 0 Å². The van der Waals surface area contributed by atoms with Gasteiger partial charge in [-0.25, -0.2) is 0 Å². The maximum atomic E-state index is 11.7. The minimum absolute atomic E-state index is 0.278. The van der Waals surface area contributed by atoms with Gasteiger partial charge in [-0.3, -0.25) is 4.79 Å². The molecule has 1 unspecified atom stereocenters. The van der Waals surface area contributed by atoms with Crippen LogP contribution in [0.2, 0.25) is 0 Å². The summed E-state index contributed by atoms with van der Waals surface area (Å²) in [4.78, 5) is 11.7. The average molecular weight is 265 g/mol. The number of hydrogen-bond acceptors (Lipinski definition) is 4. The van der Waals surface area contributed by atoms with Crippen LogP contribution in [-0.4, -0.2) is 32.3 Å². The van der Waals surface area contributed by atoms with E-state index in [4.69, 9.17) is 9.47 Å². The van der Waals surface area contributed by atoms with E-state index in [2.05, 4.69) is 5.32 Å². The molecule has 1 aromatic rings. The van der Waals surface area contributed by atoms with E-state index in [1.54, 1.807) is 7.05 Å². The molecule has 1 rings (SSSR count). The number of ether oxygens (including phenoxy) is 2. The number of hydrogen-bond donors (Lipinski definition) is 1. The third-order valence-corrected chi connectivity index (χ3v) is 3.60. The fraction of sp³-hybridized carbons (Fsp3) is 0.533. The van der Waals surface area contributed by atoms with E-state index < -0.39 is 5.54 Å². The van der Waals surface area contributed by atoms with Crippen LogP contribution in [-0.2, 0) is 9.53 Å². The standard InChI is InChI=1S/C15H23NO3/c1-11-7-6-8-13(12(11)2)19-10-9-15(3,16-4)14(17)18-5/h6-8,16H,9-10H2,1-5H3. The van der Waals surface area contributed by atoms with E-state index in [-0.39, 0.29) is 5.97 Å². The zero-order chi connectivity index (χ0) is 14.5. The first-order valence-electron chi connectivity index (χ1n) is 6.41. The van der Waals surface area contributed by atoms with Crippen molar-refractivity contribution in [3.63, 3.8) is 0 Å². The van der Waals surface area contributed by atoms with Gasteiger partial charge in [0, 0.05) is 6.42 Å². The summed E-state index contributed by atoms with van der Waals surface area (Å²) in [5, 5.41) is 2.99. The van der Waals surface area contributed by atoms with Crippen LogP contribution >= 0.6 is 0 Å². The molecule has 19 heavy (non-hydrogen) atoms. The number of carbonyl (C=O) groups is 1. The summed E-state index contributed by atoms with van der Waals surface area (Å²) in [5.74, 6) is 0.586. The maximum Gasteiger partial charge on any atom is 0.325 e. The summed E-state index contributed by atoms with van der Waals surface area (Å²) in [7, 11) is 3.14. The molecule has 0 aliphatic heterocycles. The van der Waals surface area contributed by atoms with Gasteiger partial charge in [-0.2, -0.15) is 0 Å². The van der Waals surface area contributed by atoms with Crippen LogP contribution in [0.15, 0.2) is 18.2 Å². The van der Waals surface area contributed by atoms with Gasteiger partial charge in [0.15, 0.2) is 0 Å². The van der Waals surface area contributed by atoms with Gasteiger partial charge in [-0.15, -0.1) is 0 Å². The van der Waals surface area contributed by atoms with E-state index in [1.807, 2.05) is 39.0 Å². The zero-order valence-corrected chi connectivity index (χ0v) is 12.4. The van der Waals surface area contributed by atoms with Crippen molar-refractivity contribution in [1.29, 1.82) is 0 Å². The Morgan fingerprint density at radius 1 is 1.37 bits per heavy atom. The van der Waals surface area contributed by atoms with Gasteiger partial charge in [0.05, 0.1) is 13.7 Å².